The van der Waals surface area contributed by atoms with Crippen molar-refractivity contribution in [1.29, 1.82) is 0 Å². The minimum atomic E-state index is -0.182. The fraction of sp³-hybridized carbons (Fsp3) is 0.188. The Morgan fingerprint density at radius 1 is 1.19 bits per heavy atom. The summed E-state index contributed by atoms with van der Waals surface area (Å²) in [5, 5.41) is 6.62. The Morgan fingerprint density at radius 2 is 1.90 bits per heavy atom. The van der Waals surface area contributed by atoms with E-state index in [1.54, 1.807) is 12.1 Å². The highest BCUT2D eigenvalue weighted by Gasteiger charge is 2.13. The highest BCUT2D eigenvalue weighted by molar-refractivity contribution is 9.10. The van der Waals surface area contributed by atoms with Crippen molar-refractivity contribution in [3.05, 3.63) is 57.0 Å². The Kier molecular flexibility index (Phi) is 5.26. The molecule has 0 aliphatic carbocycles. The van der Waals surface area contributed by atoms with Crippen molar-refractivity contribution in [2.75, 3.05) is 17.2 Å². The number of hydrogen-bond acceptors (Lipinski definition) is 2. The third-order valence-corrected chi connectivity index (χ3v) is 3.76. The smallest absolute Gasteiger partial charge is 0.257 e. The topological polar surface area (TPSA) is 41.1 Å². The second-order valence-corrected chi connectivity index (χ2v) is 5.99. The second kappa shape index (κ2) is 6.96. The maximum atomic E-state index is 12.5. The van der Waals surface area contributed by atoms with E-state index in [9.17, 15) is 4.79 Å². The third kappa shape index (κ3) is 3.99. The molecule has 5 heteroatoms. The molecule has 0 spiro atoms. The highest BCUT2D eigenvalue weighted by Crippen LogP contribution is 2.24. The zero-order valence-electron chi connectivity index (χ0n) is 11.8. The van der Waals surface area contributed by atoms with E-state index in [1.165, 1.54) is 0 Å². The molecular formula is C16H16BrClN2O. The van der Waals surface area contributed by atoms with Crippen molar-refractivity contribution in [2.24, 2.45) is 0 Å². The summed E-state index contributed by atoms with van der Waals surface area (Å²) in [4.78, 5) is 12.5. The number of halogens is 2. The van der Waals surface area contributed by atoms with Gasteiger partial charge in [-0.15, -0.1) is 0 Å². The molecule has 0 aliphatic rings. The minimum absolute atomic E-state index is 0.182. The van der Waals surface area contributed by atoms with E-state index >= 15 is 0 Å². The number of amides is 1. The predicted octanol–water partition coefficient (Wildman–Crippen LogP) is 5.10. The van der Waals surface area contributed by atoms with Crippen molar-refractivity contribution in [1.82, 2.24) is 0 Å². The van der Waals surface area contributed by atoms with Gasteiger partial charge in [0, 0.05) is 27.4 Å². The van der Waals surface area contributed by atoms with Crippen LogP contribution in [0.3, 0.4) is 0 Å². The SMILES string of the molecule is CCNc1ccc(Cl)cc1C(=O)Nc1ccc(Br)cc1C. The molecule has 0 radical (unpaired) electrons. The molecule has 0 aliphatic heterocycles. The third-order valence-electron chi connectivity index (χ3n) is 3.03. The lowest BCUT2D eigenvalue weighted by Crippen LogP contribution is -2.15. The van der Waals surface area contributed by atoms with Gasteiger partial charge in [-0.3, -0.25) is 4.79 Å². The van der Waals surface area contributed by atoms with E-state index in [0.717, 1.165) is 28.0 Å². The average Bonchev–Trinajstić information content (AvgIpc) is 2.44. The lowest BCUT2D eigenvalue weighted by atomic mass is 10.1. The Hall–Kier alpha value is -1.52. The van der Waals surface area contributed by atoms with Crippen LogP contribution in [0.15, 0.2) is 40.9 Å². The summed E-state index contributed by atoms with van der Waals surface area (Å²) < 4.78 is 0.981. The maximum absolute atomic E-state index is 12.5. The molecule has 0 saturated carbocycles. The van der Waals surface area contributed by atoms with Gasteiger partial charge in [0.15, 0.2) is 0 Å². The molecule has 2 aromatic carbocycles. The Morgan fingerprint density at radius 3 is 2.57 bits per heavy atom. The molecule has 0 bridgehead atoms. The number of aryl methyl sites for hydroxylation is 1. The summed E-state index contributed by atoms with van der Waals surface area (Å²) in [6.07, 6.45) is 0. The quantitative estimate of drug-likeness (QED) is 0.790. The van der Waals surface area contributed by atoms with Gasteiger partial charge in [-0.25, -0.2) is 0 Å². The molecule has 0 saturated heterocycles. The van der Waals surface area contributed by atoms with E-state index in [0.29, 0.717) is 10.6 Å². The second-order valence-electron chi connectivity index (χ2n) is 4.63. The Balaban J connectivity index is 2.29. The Bertz CT molecular complexity index is 673. The number of anilines is 2. The highest BCUT2D eigenvalue weighted by atomic mass is 79.9. The number of hydrogen-bond donors (Lipinski definition) is 2. The van der Waals surface area contributed by atoms with Crippen LogP contribution in [0.25, 0.3) is 0 Å². The summed E-state index contributed by atoms with van der Waals surface area (Å²) >= 11 is 9.41. The van der Waals surface area contributed by atoms with E-state index in [2.05, 4.69) is 26.6 Å². The summed E-state index contributed by atoms with van der Waals surface area (Å²) in [7, 11) is 0. The average molecular weight is 368 g/mol. The first-order valence-corrected chi connectivity index (χ1v) is 7.79. The largest absolute Gasteiger partial charge is 0.385 e. The van der Waals surface area contributed by atoms with Gasteiger partial charge in [-0.05, 0) is 55.8 Å². The number of carbonyl (C=O) groups excluding carboxylic acids is 1. The fourth-order valence-corrected chi connectivity index (χ4v) is 2.65. The molecule has 1 amide bonds. The lowest BCUT2D eigenvalue weighted by Gasteiger charge is -2.13. The van der Waals surface area contributed by atoms with Gasteiger partial charge in [0.1, 0.15) is 0 Å². The summed E-state index contributed by atoms with van der Waals surface area (Å²) in [6.45, 7) is 4.66. The monoisotopic (exact) mass is 366 g/mol. The van der Waals surface area contributed by atoms with Crippen LogP contribution in [0, 0.1) is 6.92 Å². The standard InChI is InChI=1S/C16H16BrClN2O/c1-3-19-15-7-5-12(18)9-13(15)16(21)20-14-6-4-11(17)8-10(14)2/h4-9,19H,3H2,1-2H3,(H,20,21). The first-order chi connectivity index (χ1) is 10.0. The van der Waals surface area contributed by atoms with Crippen LogP contribution in [0.1, 0.15) is 22.8 Å². The van der Waals surface area contributed by atoms with E-state index in [4.69, 9.17) is 11.6 Å². The fourth-order valence-electron chi connectivity index (χ4n) is 2.01. The molecule has 110 valence electrons. The van der Waals surface area contributed by atoms with Crippen molar-refractivity contribution in [3.63, 3.8) is 0 Å². The maximum Gasteiger partial charge on any atom is 0.257 e. The molecule has 0 fully saturated rings. The Labute approximate surface area is 137 Å². The van der Waals surface area contributed by atoms with Crippen LogP contribution in [-0.2, 0) is 0 Å². The first kappa shape index (κ1) is 15.9. The van der Waals surface area contributed by atoms with Gasteiger partial charge in [0.2, 0.25) is 0 Å². The first-order valence-electron chi connectivity index (χ1n) is 6.62. The molecular weight excluding hydrogens is 352 g/mol. The van der Waals surface area contributed by atoms with Crippen LogP contribution in [-0.4, -0.2) is 12.5 Å². The zero-order chi connectivity index (χ0) is 15.4. The lowest BCUT2D eigenvalue weighted by molar-refractivity contribution is 0.102. The van der Waals surface area contributed by atoms with Crippen LogP contribution >= 0.6 is 27.5 Å². The zero-order valence-corrected chi connectivity index (χ0v) is 14.2. The van der Waals surface area contributed by atoms with Crippen LogP contribution in [0.5, 0.6) is 0 Å². The van der Waals surface area contributed by atoms with Crippen molar-refractivity contribution in [2.45, 2.75) is 13.8 Å². The number of nitrogens with one attached hydrogen (secondary N) is 2. The summed E-state index contributed by atoms with van der Waals surface area (Å²) in [5.74, 6) is -0.182. The number of benzene rings is 2. The molecule has 0 aromatic heterocycles. The van der Waals surface area contributed by atoms with Crippen molar-refractivity contribution >= 4 is 44.8 Å². The van der Waals surface area contributed by atoms with Crippen LogP contribution in [0.2, 0.25) is 5.02 Å². The van der Waals surface area contributed by atoms with E-state index in [-0.39, 0.29) is 5.91 Å². The van der Waals surface area contributed by atoms with Crippen LogP contribution in [0.4, 0.5) is 11.4 Å². The molecule has 2 rings (SSSR count). The van der Waals surface area contributed by atoms with Crippen molar-refractivity contribution < 1.29 is 4.79 Å². The molecule has 0 atom stereocenters. The summed E-state index contributed by atoms with van der Waals surface area (Å²) in [5.41, 5.74) is 3.08. The van der Waals surface area contributed by atoms with Crippen LogP contribution < -0.4 is 10.6 Å². The number of carbonyl (C=O) groups is 1. The summed E-state index contributed by atoms with van der Waals surface area (Å²) in [6, 6.07) is 11.0. The molecule has 0 heterocycles. The molecule has 0 unspecified atom stereocenters. The molecule has 3 nitrogen and oxygen atoms in total. The minimum Gasteiger partial charge on any atom is -0.385 e. The van der Waals surface area contributed by atoms with Crippen molar-refractivity contribution in [3.8, 4) is 0 Å². The van der Waals surface area contributed by atoms with Gasteiger partial charge in [-0.2, -0.15) is 0 Å². The molecule has 2 aromatic rings. The van der Waals surface area contributed by atoms with Gasteiger partial charge in [-0.1, -0.05) is 27.5 Å². The van der Waals surface area contributed by atoms with E-state index in [1.807, 2.05) is 38.1 Å². The number of rotatable bonds is 4. The molecule has 2 N–H and O–H groups in total. The van der Waals surface area contributed by atoms with E-state index < -0.39 is 0 Å². The van der Waals surface area contributed by atoms with Gasteiger partial charge < -0.3 is 10.6 Å². The van der Waals surface area contributed by atoms with Gasteiger partial charge in [0.25, 0.3) is 5.91 Å². The predicted molar refractivity (Wildman–Crippen MR) is 92.4 cm³/mol. The molecule has 21 heavy (non-hydrogen) atoms. The van der Waals surface area contributed by atoms with Gasteiger partial charge in [0.05, 0.1) is 5.56 Å². The van der Waals surface area contributed by atoms with Gasteiger partial charge >= 0.3 is 0 Å². The normalized spacial score (nSPS) is 10.3.